The van der Waals surface area contributed by atoms with Gasteiger partial charge in [0.1, 0.15) is 6.04 Å². The Morgan fingerprint density at radius 2 is 1.15 bits per heavy atom. The monoisotopic (exact) mass is 553 g/mol. The highest BCUT2D eigenvalue weighted by Gasteiger charge is 2.14. The van der Waals surface area contributed by atoms with Gasteiger partial charge in [-0.25, -0.2) is 4.79 Å². The van der Waals surface area contributed by atoms with E-state index in [1.54, 1.807) is 6.92 Å². The molecule has 3 N–H and O–H groups in total. The Bertz CT molecular complexity index is 942. The van der Waals surface area contributed by atoms with Crippen LogP contribution in [-0.2, 0) is 23.9 Å². The summed E-state index contributed by atoms with van der Waals surface area (Å²) < 4.78 is 4.39. The van der Waals surface area contributed by atoms with Crippen molar-refractivity contribution in [3.05, 3.63) is 85.1 Å². The highest BCUT2D eigenvalue weighted by Crippen LogP contribution is 1.98. The molecule has 0 rings (SSSR count). The SMILES string of the molecule is CC/C=C\C/C=C\C/C=C\C/C=C\C/C=C\C/C=C\CCC(=O)N[C@@H](C)C(=O)NCCNC(=O)C=CC(=O)OC. The summed E-state index contributed by atoms with van der Waals surface area (Å²) in [5, 5.41) is 7.81. The maximum atomic E-state index is 12.1. The molecule has 0 fully saturated rings. The molecule has 1 atom stereocenters. The van der Waals surface area contributed by atoms with E-state index in [0.717, 1.165) is 50.7 Å². The molecule has 0 spiro atoms. The molecule has 3 amide bonds. The van der Waals surface area contributed by atoms with E-state index >= 15 is 0 Å². The molecule has 40 heavy (non-hydrogen) atoms. The van der Waals surface area contributed by atoms with E-state index in [1.807, 2.05) is 12.2 Å². The molecule has 0 unspecified atom stereocenters. The first-order valence-corrected chi connectivity index (χ1v) is 13.9. The Morgan fingerprint density at radius 1 is 0.675 bits per heavy atom. The first-order valence-electron chi connectivity index (χ1n) is 13.9. The summed E-state index contributed by atoms with van der Waals surface area (Å²) in [7, 11) is 1.21. The van der Waals surface area contributed by atoms with Crippen LogP contribution in [0.4, 0.5) is 0 Å². The van der Waals surface area contributed by atoms with Crippen LogP contribution in [-0.4, -0.2) is 49.9 Å². The van der Waals surface area contributed by atoms with Gasteiger partial charge in [-0.15, -0.1) is 0 Å². The smallest absolute Gasteiger partial charge is 0.330 e. The maximum Gasteiger partial charge on any atom is 0.330 e. The molecule has 0 aromatic rings. The first kappa shape index (κ1) is 36.1. The number of nitrogens with one attached hydrogen (secondary N) is 3. The van der Waals surface area contributed by atoms with Crippen LogP contribution in [0.2, 0.25) is 0 Å². The fourth-order valence-corrected chi connectivity index (χ4v) is 3.03. The number of hydrogen-bond acceptors (Lipinski definition) is 5. The Kier molecular flexibility index (Phi) is 24.0. The lowest BCUT2D eigenvalue weighted by Crippen LogP contribution is -2.46. The third kappa shape index (κ3) is 24.4. The molecule has 0 aliphatic carbocycles. The van der Waals surface area contributed by atoms with Crippen molar-refractivity contribution in [1.29, 1.82) is 0 Å². The van der Waals surface area contributed by atoms with Gasteiger partial charge in [0.2, 0.25) is 17.7 Å². The lowest BCUT2D eigenvalue weighted by Gasteiger charge is -2.14. The molecule has 0 aliphatic heterocycles. The van der Waals surface area contributed by atoms with Gasteiger partial charge in [-0.3, -0.25) is 14.4 Å². The largest absolute Gasteiger partial charge is 0.466 e. The Hall–Kier alpha value is -3.94. The summed E-state index contributed by atoms with van der Waals surface area (Å²) in [5.74, 6) is -1.66. The molecule has 0 bridgehead atoms. The van der Waals surface area contributed by atoms with E-state index in [9.17, 15) is 19.2 Å². The van der Waals surface area contributed by atoms with Crippen molar-refractivity contribution >= 4 is 23.7 Å². The van der Waals surface area contributed by atoms with Crippen molar-refractivity contribution in [2.75, 3.05) is 20.2 Å². The highest BCUT2D eigenvalue weighted by molar-refractivity contribution is 5.94. The number of esters is 1. The standard InChI is InChI=1S/C32H47N3O5/c1-4-5-6-7-8-9-10-11-12-13-14-15-16-17-18-19-20-21-22-23-30(37)35-28(2)32(39)34-27-26-33-29(36)24-25-31(38)40-3/h5-6,8-9,11-12,14-15,17-18,20-21,24-25,28H,4,7,10,13,16,19,22-23,26-27H2,1-3H3,(H,33,36)(H,34,39)(H,35,37)/b6-5-,9-8-,12-11-,15-14-,18-17-,21-20-,25-24?/t28-/m0/s1. The zero-order chi connectivity index (χ0) is 29.7. The van der Waals surface area contributed by atoms with E-state index in [0.29, 0.717) is 12.8 Å². The predicted molar refractivity (Wildman–Crippen MR) is 162 cm³/mol. The van der Waals surface area contributed by atoms with Crippen molar-refractivity contribution in [3.63, 3.8) is 0 Å². The van der Waals surface area contributed by atoms with Gasteiger partial charge in [0, 0.05) is 31.7 Å². The van der Waals surface area contributed by atoms with Gasteiger partial charge in [0.05, 0.1) is 7.11 Å². The molecule has 0 aromatic heterocycles. The third-order valence-corrected chi connectivity index (χ3v) is 5.20. The average molecular weight is 554 g/mol. The molecule has 8 heteroatoms. The van der Waals surface area contributed by atoms with Crippen LogP contribution in [0, 0.1) is 0 Å². The second-order valence-electron chi connectivity index (χ2n) is 8.68. The molecule has 0 aliphatic rings. The van der Waals surface area contributed by atoms with Gasteiger partial charge in [0.15, 0.2) is 0 Å². The zero-order valence-corrected chi connectivity index (χ0v) is 24.3. The number of allylic oxidation sites excluding steroid dienone is 12. The predicted octanol–water partition coefficient (Wildman–Crippen LogP) is 4.93. The summed E-state index contributed by atoms with van der Waals surface area (Å²) in [5.41, 5.74) is 0. The van der Waals surface area contributed by atoms with E-state index < -0.39 is 17.9 Å². The summed E-state index contributed by atoms with van der Waals surface area (Å²) in [6.07, 6.45) is 34.3. The van der Waals surface area contributed by atoms with Crippen molar-refractivity contribution in [1.82, 2.24) is 16.0 Å². The second-order valence-corrected chi connectivity index (χ2v) is 8.68. The van der Waals surface area contributed by atoms with Crippen LogP contribution in [0.15, 0.2) is 85.1 Å². The minimum atomic E-state index is -0.687. The lowest BCUT2D eigenvalue weighted by molar-refractivity contribution is -0.135. The van der Waals surface area contributed by atoms with Gasteiger partial charge in [-0.1, -0.05) is 79.8 Å². The summed E-state index contributed by atoms with van der Waals surface area (Å²) in [6.45, 7) is 4.11. The molecule has 0 radical (unpaired) electrons. The fraction of sp³-hybridized carbons (Fsp3) is 0.438. The quantitative estimate of drug-likeness (QED) is 0.0807. The molecule has 0 aromatic carbocycles. The number of carbonyl (C=O) groups excluding carboxylic acids is 4. The van der Waals surface area contributed by atoms with Crippen molar-refractivity contribution < 1.29 is 23.9 Å². The molecule has 0 saturated heterocycles. The van der Waals surface area contributed by atoms with Crippen LogP contribution < -0.4 is 16.0 Å². The van der Waals surface area contributed by atoms with Gasteiger partial charge in [-0.05, 0) is 51.9 Å². The maximum absolute atomic E-state index is 12.1. The molecular weight excluding hydrogens is 506 g/mol. The number of rotatable bonds is 21. The van der Waals surface area contributed by atoms with E-state index in [2.05, 4.69) is 88.4 Å². The molecule has 0 saturated carbocycles. The van der Waals surface area contributed by atoms with Gasteiger partial charge >= 0.3 is 5.97 Å². The van der Waals surface area contributed by atoms with Crippen molar-refractivity contribution in [2.45, 2.75) is 71.3 Å². The Labute approximate surface area is 240 Å². The van der Waals surface area contributed by atoms with Crippen LogP contribution in [0.25, 0.3) is 0 Å². The number of carbonyl (C=O) groups is 4. The van der Waals surface area contributed by atoms with Gasteiger partial charge in [0.25, 0.3) is 0 Å². The molecule has 220 valence electrons. The van der Waals surface area contributed by atoms with Crippen LogP contribution in [0.1, 0.15) is 65.2 Å². The molecular formula is C32H47N3O5. The van der Waals surface area contributed by atoms with Crippen molar-refractivity contribution in [3.8, 4) is 0 Å². The minimum Gasteiger partial charge on any atom is -0.466 e. The Balaban J connectivity index is 3.85. The lowest BCUT2D eigenvalue weighted by atomic mass is 10.2. The molecule has 8 nitrogen and oxygen atoms in total. The van der Waals surface area contributed by atoms with Crippen LogP contribution in [0.3, 0.4) is 0 Å². The second kappa shape index (κ2) is 26.7. The zero-order valence-electron chi connectivity index (χ0n) is 24.3. The van der Waals surface area contributed by atoms with Crippen molar-refractivity contribution in [2.24, 2.45) is 0 Å². The highest BCUT2D eigenvalue weighted by atomic mass is 16.5. The van der Waals surface area contributed by atoms with Gasteiger partial charge in [-0.2, -0.15) is 0 Å². The topological polar surface area (TPSA) is 114 Å². The number of hydrogen-bond donors (Lipinski definition) is 3. The van der Waals surface area contributed by atoms with E-state index in [-0.39, 0.29) is 24.9 Å². The number of amides is 3. The summed E-state index contributed by atoms with van der Waals surface area (Å²) >= 11 is 0. The fourth-order valence-electron chi connectivity index (χ4n) is 3.03. The van der Waals surface area contributed by atoms with E-state index in [1.165, 1.54) is 7.11 Å². The summed E-state index contributed by atoms with van der Waals surface area (Å²) in [6, 6.07) is -0.687. The molecule has 0 heterocycles. The number of ether oxygens (including phenoxy) is 1. The Morgan fingerprint density at radius 3 is 1.65 bits per heavy atom. The minimum absolute atomic E-state index is 0.180. The van der Waals surface area contributed by atoms with Crippen LogP contribution >= 0.6 is 0 Å². The van der Waals surface area contributed by atoms with Crippen LogP contribution in [0.5, 0.6) is 0 Å². The van der Waals surface area contributed by atoms with Gasteiger partial charge < -0.3 is 20.7 Å². The number of methoxy groups -OCH3 is 1. The van der Waals surface area contributed by atoms with E-state index in [4.69, 9.17) is 0 Å². The third-order valence-electron chi connectivity index (χ3n) is 5.20. The summed E-state index contributed by atoms with van der Waals surface area (Å²) in [4.78, 5) is 46.6. The first-order chi connectivity index (χ1) is 19.4. The average Bonchev–Trinajstić information content (AvgIpc) is 2.94. The normalized spacial score (nSPS) is 13.0.